The minimum absolute atomic E-state index is 0.253. The van der Waals surface area contributed by atoms with Crippen LogP contribution >= 0.6 is 0 Å². The summed E-state index contributed by atoms with van der Waals surface area (Å²) in [6, 6.07) is 9.03. The van der Waals surface area contributed by atoms with E-state index >= 15 is 0 Å². The molecule has 2 fully saturated rings. The third kappa shape index (κ3) is 2.99. The number of rotatable bonds is 4. The Kier molecular flexibility index (Phi) is 4.23. The number of pyridine rings is 1. The first-order valence-corrected chi connectivity index (χ1v) is 10.8. The van der Waals surface area contributed by atoms with Crippen molar-refractivity contribution in [1.29, 1.82) is 0 Å². The Bertz CT molecular complexity index is 1420. The molecule has 6 rings (SSSR count). The second kappa shape index (κ2) is 7.06. The van der Waals surface area contributed by atoms with Crippen LogP contribution in [0.2, 0.25) is 0 Å². The number of amides is 1. The van der Waals surface area contributed by atoms with Gasteiger partial charge in [0.1, 0.15) is 28.8 Å². The standard InChI is InChI=1S/C24H20F2N6O/c1-14-3-2-8-27-21(14)23(33)29-19-13-28-32-10-7-20(30-22(19)32)31-9-6-15-12-24(15,31)17-11-16(25)4-5-18(17)26/h2-5,7-8,10-11,13,15H,6,9,12H2,1H3,(H,29,33)/t15-,24+/m0/s1. The highest BCUT2D eigenvalue weighted by atomic mass is 19.1. The number of aromatic nitrogens is 4. The number of piperidine rings is 1. The monoisotopic (exact) mass is 446 g/mol. The molecule has 9 heteroatoms. The van der Waals surface area contributed by atoms with Gasteiger partial charge >= 0.3 is 0 Å². The van der Waals surface area contributed by atoms with Gasteiger partial charge in [-0.25, -0.2) is 18.3 Å². The lowest BCUT2D eigenvalue weighted by Crippen LogP contribution is -2.34. The van der Waals surface area contributed by atoms with Crippen molar-refractivity contribution < 1.29 is 13.6 Å². The lowest BCUT2D eigenvalue weighted by molar-refractivity contribution is 0.102. The second-order valence-corrected chi connectivity index (χ2v) is 8.62. The van der Waals surface area contributed by atoms with Crippen LogP contribution in [0.15, 0.2) is 55.0 Å². The van der Waals surface area contributed by atoms with Gasteiger partial charge in [-0.05, 0) is 61.6 Å². The van der Waals surface area contributed by atoms with Crippen LogP contribution in [0.3, 0.4) is 0 Å². The molecular weight excluding hydrogens is 426 g/mol. The molecule has 4 aromatic rings. The lowest BCUT2D eigenvalue weighted by atomic mass is 10.0. The number of fused-ring (bicyclic) bond motifs is 2. The number of aryl methyl sites for hydroxylation is 1. The maximum absolute atomic E-state index is 14.7. The maximum atomic E-state index is 14.7. The van der Waals surface area contributed by atoms with E-state index in [-0.39, 0.29) is 11.8 Å². The van der Waals surface area contributed by atoms with Gasteiger partial charge < -0.3 is 10.2 Å². The summed E-state index contributed by atoms with van der Waals surface area (Å²) in [5.74, 6) is -0.321. The molecule has 4 heterocycles. The Morgan fingerprint density at radius 3 is 2.94 bits per heavy atom. The fourth-order valence-electron chi connectivity index (χ4n) is 5.10. The summed E-state index contributed by atoms with van der Waals surface area (Å²) in [6.07, 6.45) is 6.49. The molecule has 1 aromatic carbocycles. The normalized spacial score (nSPS) is 21.3. The number of carbonyl (C=O) groups excluding carboxylic acids is 1. The van der Waals surface area contributed by atoms with Gasteiger partial charge in [-0.3, -0.25) is 9.78 Å². The maximum Gasteiger partial charge on any atom is 0.274 e. The number of halogens is 2. The van der Waals surface area contributed by atoms with E-state index in [1.807, 2.05) is 19.1 Å². The Hall–Kier alpha value is -3.88. The fraction of sp³-hybridized carbons (Fsp3) is 0.250. The van der Waals surface area contributed by atoms with Crippen molar-refractivity contribution in [2.45, 2.75) is 25.3 Å². The fourth-order valence-corrected chi connectivity index (χ4v) is 5.10. The van der Waals surface area contributed by atoms with E-state index in [4.69, 9.17) is 4.98 Å². The minimum atomic E-state index is -0.591. The van der Waals surface area contributed by atoms with Crippen LogP contribution in [-0.2, 0) is 5.54 Å². The molecule has 1 amide bonds. The molecule has 0 radical (unpaired) electrons. The van der Waals surface area contributed by atoms with E-state index in [1.165, 1.54) is 18.3 Å². The van der Waals surface area contributed by atoms with Crippen molar-refractivity contribution in [3.05, 3.63) is 83.4 Å². The van der Waals surface area contributed by atoms with Gasteiger partial charge in [-0.1, -0.05) is 6.07 Å². The summed E-state index contributed by atoms with van der Waals surface area (Å²) < 4.78 is 30.2. The van der Waals surface area contributed by atoms with Gasteiger partial charge in [0, 0.05) is 24.5 Å². The molecule has 1 aliphatic heterocycles. The molecule has 3 aromatic heterocycles. The average molecular weight is 446 g/mol. The van der Waals surface area contributed by atoms with Crippen LogP contribution in [0.25, 0.3) is 5.65 Å². The van der Waals surface area contributed by atoms with E-state index in [1.54, 1.807) is 23.0 Å². The van der Waals surface area contributed by atoms with Crippen LogP contribution in [0.5, 0.6) is 0 Å². The van der Waals surface area contributed by atoms with E-state index in [9.17, 15) is 13.6 Å². The van der Waals surface area contributed by atoms with Crippen molar-refractivity contribution in [3.8, 4) is 0 Å². The zero-order valence-electron chi connectivity index (χ0n) is 17.8. The Balaban J connectivity index is 1.37. The highest BCUT2D eigenvalue weighted by Crippen LogP contribution is 2.63. The van der Waals surface area contributed by atoms with Gasteiger partial charge in [0.15, 0.2) is 5.65 Å². The van der Waals surface area contributed by atoms with Crippen LogP contribution in [0, 0.1) is 24.5 Å². The first-order chi connectivity index (χ1) is 16.0. The highest BCUT2D eigenvalue weighted by Gasteiger charge is 2.64. The third-order valence-corrected chi connectivity index (χ3v) is 6.75. The Morgan fingerprint density at radius 1 is 1.24 bits per heavy atom. The number of nitrogens with zero attached hydrogens (tertiary/aromatic N) is 5. The van der Waals surface area contributed by atoms with E-state index in [0.717, 1.165) is 24.5 Å². The summed E-state index contributed by atoms with van der Waals surface area (Å²) in [4.78, 5) is 23.7. The number of nitrogens with one attached hydrogen (secondary N) is 1. The van der Waals surface area contributed by atoms with Crippen LogP contribution in [0.1, 0.15) is 34.5 Å². The van der Waals surface area contributed by atoms with Crippen LogP contribution in [0.4, 0.5) is 20.3 Å². The highest BCUT2D eigenvalue weighted by molar-refractivity contribution is 6.05. The van der Waals surface area contributed by atoms with Gasteiger partial charge in [-0.2, -0.15) is 5.10 Å². The second-order valence-electron chi connectivity index (χ2n) is 8.62. The molecule has 1 saturated carbocycles. The molecule has 166 valence electrons. The number of carbonyl (C=O) groups is 1. The summed E-state index contributed by atoms with van der Waals surface area (Å²) in [6.45, 7) is 2.51. The predicted octanol–water partition coefficient (Wildman–Crippen LogP) is 4.09. The average Bonchev–Trinajstić information content (AvgIpc) is 3.21. The Morgan fingerprint density at radius 2 is 2.12 bits per heavy atom. The Labute approximate surface area is 188 Å². The quantitative estimate of drug-likeness (QED) is 0.511. The molecule has 2 atom stereocenters. The van der Waals surface area contributed by atoms with E-state index in [0.29, 0.717) is 35.0 Å². The number of anilines is 2. The number of hydrogen-bond acceptors (Lipinski definition) is 5. The zero-order chi connectivity index (χ0) is 22.7. The topological polar surface area (TPSA) is 75.4 Å². The summed E-state index contributed by atoms with van der Waals surface area (Å²) in [5.41, 5.74) is 1.79. The van der Waals surface area contributed by atoms with Crippen molar-refractivity contribution in [1.82, 2.24) is 19.6 Å². The van der Waals surface area contributed by atoms with Crippen LogP contribution < -0.4 is 10.2 Å². The smallest absolute Gasteiger partial charge is 0.274 e. The number of benzene rings is 1. The van der Waals surface area contributed by atoms with E-state index in [2.05, 4.69) is 20.3 Å². The molecule has 7 nitrogen and oxygen atoms in total. The summed E-state index contributed by atoms with van der Waals surface area (Å²) >= 11 is 0. The SMILES string of the molecule is Cc1cccnc1C(=O)Nc1cnn2ccc(N3CC[C@H]4C[C@]43c3cc(F)ccc3F)nc12. The molecule has 0 unspecified atom stereocenters. The largest absolute Gasteiger partial charge is 0.346 e. The van der Waals surface area contributed by atoms with Crippen molar-refractivity contribution in [2.75, 3.05) is 16.8 Å². The molecule has 2 aliphatic rings. The third-order valence-electron chi connectivity index (χ3n) is 6.75. The molecule has 1 saturated heterocycles. The molecule has 0 bridgehead atoms. The van der Waals surface area contributed by atoms with E-state index < -0.39 is 17.2 Å². The molecule has 33 heavy (non-hydrogen) atoms. The van der Waals surface area contributed by atoms with Crippen molar-refractivity contribution >= 4 is 23.1 Å². The zero-order valence-corrected chi connectivity index (χ0v) is 17.8. The van der Waals surface area contributed by atoms with Crippen molar-refractivity contribution in [2.24, 2.45) is 5.92 Å². The predicted molar refractivity (Wildman–Crippen MR) is 118 cm³/mol. The van der Waals surface area contributed by atoms with Crippen LogP contribution in [-0.4, -0.2) is 32.0 Å². The van der Waals surface area contributed by atoms with Gasteiger partial charge in [0.2, 0.25) is 0 Å². The van der Waals surface area contributed by atoms with Gasteiger partial charge in [-0.15, -0.1) is 0 Å². The van der Waals surface area contributed by atoms with Gasteiger partial charge in [0.05, 0.1) is 11.7 Å². The minimum Gasteiger partial charge on any atom is -0.346 e. The summed E-state index contributed by atoms with van der Waals surface area (Å²) in [7, 11) is 0. The molecule has 0 spiro atoms. The first-order valence-electron chi connectivity index (χ1n) is 10.8. The van der Waals surface area contributed by atoms with Crippen molar-refractivity contribution in [3.63, 3.8) is 0 Å². The lowest BCUT2D eigenvalue weighted by Gasteiger charge is -2.30. The number of hydrogen-bond donors (Lipinski definition) is 1. The molecular formula is C24H20F2N6O. The molecule has 1 N–H and O–H groups in total. The molecule has 1 aliphatic carbocycles. The summed E-state index contributed by atoms with van der Waals surface area (Å²) in [5, 5.41) is 7.12. The van der Waals surface area contributed by atoms with Gasteiger partial charge in [0.25, 0.3) is 5.91 Å². The first kappa shape index (κ1) is 19.8.